The predicted octanol–water partition coefficient (Wildman–Crippen LogP) is 4.58. The van der Waals surface area contributed by atoms with Gasteiger partial charge >= 0.3 is 6.09 Å². The van der Waals surface area contributed by atoms with Crippen LogP contribution in [0, 0.1) is 0 Å². The molecule has 0 aliphatic carbocycles. The van der Waals surface area contributed by atoms with E-state index in [1.54, 1.807) is 24.3 Å². The van der Waals surface area contributed by atoms with Gasteiger partial charge in [-0.1, -0.05) is 29.3 Å². The Balaban J connectivity index is 1.85. The van der Waals surface area contributed by atoms with Crippen molar-refractivity contribution in [3.63, 3.8) is 0 Å². The Morgan fingerprint density at radius 2 is 1.94 bits per heavy atom. The first-order valence-electron chi connectivity index (χ1n) is 10.6. The number of carbonyl (C=O) groups is 2. The van der Waals surface area contributed by atoms with Crippen LogP contribution in [0.15, 0.2) is 36.5 Å². The van der Waals surface area contributed by atoms with Crippen molar-refractivity contribution in [2.45, 2.75) is 6.92 Å². The van der Waals surface area contributed by atoms with E-state index in [4.69, 9.17) is 33.7 Å². The van der Waals surface area contributed by atoms with E-state index in [0.717, 1.165) is 5.69 Å². The van der Waals surface area contributed by atoms with Crippen molar-refractivity contribution >= 4 is 63.2 Å². The van der Waals surface area contributed by atoms with E-state index >= 15 is 0 Å². The number of fused-ring (bicyclic) bond motifs is 1. The van der Waals surface area contributed by atoms with Crippen LogP contribution in [0.3, 0.4) is 0 Å². The van der Waals surface area contributed by atoms with Gasteiger partial charge in [-0.3, -0.25) is 9.78 Å². The lowest BCUT2D eigenvalue weighted by molar-refractivity contribution is 0.100. The first-order chi connectivity index (χ1) is 16.3. The number of carboxylic acid groups (broad SMARTS) is 1. The van der Waals surface area contributed by atoms with E-state index in [2.05, 4.69) is 15.2 Å². The highest BCUT2D eigenvalue weighted by Gasteiger charge is 2.24. The van der Waals surface area contributed by atoms with E-state index in [1.165, 1.54) is 11.1 Å². The molecular weight excluding hydrogens is 481 g/mol. The Kier molecular flexibility index (Phi) is 6.85. The number of hydrogen-bond acceptors (Lipinski definition) is 6. The fourth-order valence-corrected chi connectivity index (χ4v) is 4.27. The minimum absolute atomic E-state index is 0.189. The predicted molar refractivity (Wildman–Crippen MR) is 133 cm³/mol. The topological polar surface area (TPSA) is 121 Å². The van der Waals surface area contributed by atoms with Crippen LogP contribution in [0.25, 0.3) is 10.9 Å². The van der Waals surface area contributed by atoms with Gasteiger partial charge in [0.1, 0.15) is 5.75 Å². The van der Waals surface area contributed by atoms with Crippen LogP contribution < -0.4 is 20.7 Å². The molecule has 2 amide bonds. The smallest absolute Gasteiger partial charge is 0.407 e. The number of anilines is 3. The van der Waals surface area contributed by atoms with Gasteiger partial charge in [0.2, 0.25) is 0 Å². The number of primary amides is 1. The third-order valence-corrected chi connectivity index (χ3v) is 6.44. The molecule has 3 aromatic rings. The number of hydrogen-bond donors (Lipinski definition) is 3. The molecule has 1 saturated heterocycles. The molecule has 1 aliphatic heterocycles. The number of aromatic nitrogens is 1. The van der Waals surface area contributed by atoms with Gasteiger partial charge in [0.25, 0.3) is 5.91 Å². The number of piperazine rings is 1. The summed E-state index contributed by atoms with van der Waals surface area (Å²) >= 11 is 12.5. The largest absolute Gasteiger partial charge is 0.492 e. The van der Waals surface area contributed by atoms with E-state index in [9.17, 15) is 14.7 Å². The van der Waals surface area contributed by atoms with Gasteiger partial charge in [-0.05, 0) is 25.1 Å². The van der Waals surface area contributed by atoms with Gasteiger partial charge in [-0.25, -0.2) is 4.79 Å². The normalized spacial score (nSPS) is 13.7. The molecule has 0 spiro atoms. The molecule has 0 saturated carbocycles. The molecule has 178 valence electrons. The Bertz CT molecular complexity index is 1260. The van der Waals surface area contributed by atoms with Crippen molar-refractivity contribution < 1.29 is 19.4 Å². The Hall–Kier alpha value is -3.43. The monoisotopic (exact) mass is 503 g/mol. The molecule has 2 heterocycles. The summed E-state index contributed by atoms with van der Waals surface area (Å²) in [6.45, 7) is 4.03. The number of carbonyl (C=O) groups excluding carboxylic acids is 1. The van der Waals surface area contributed by atoms with Crippen LogP contribution in [-0.4, -0.2) is 59.8 Å². The van der Waals surface area contributed by atoms with Gasteiger partial charge in [0, 0.05) is 43.8 Å². The number of nitrogens with two attached hydrogens (primary N) is 1. The molecule has 34 heavy (non-hydrogen) atoms. The molecule has 1 aliphatic rings. The number of nitrogens with one attached hydrogen (secondary N) is 1. The number of amides is 2. The zero-order valence-electron chi connectivity index (χ0n) is 18.3. The molecule has 11 heteroatoms. The summed E-state index contributed by atoms with van der Waals surface area (Å²) < 4.78 is 5.88. The lowest BCUT2D eigenvalue weighted by Gasteiger charge is -2.35. The second-order valence-electron chi connectivity index (χ2n) is 7.66. The lowest BCUT2D eigenvalue weighted by atomic mass is 10.1. The maximum absolute atomic E-state index is 12.3. The number of rotatable bonds is 6. The van der Waals surface area contributed by atoms with Gasteiger partial charge in [0.05, 0.1) is 44.8 Å². The summed E-state index contributed by atoms with van der Waals surface area (Å²) in [7, 11) is 0. The van der Waals surface area contributed by atoms with Crippen LogP contribution >= 0.6 is 23.2 Å². The molecule has 4 N–H and O–H groups in total. The second-order valence-corrected chi connectivity index (χ2v) is 8.45. The minimum atomic E-state index is -0.941. The molecule has 0 atom stereocenters. The second kappa shape index (κ2) is 9.82. The highest BCUT2D eigenvalue weighted by molar-refractivity contribution is 6.43. The fourth-order valence-electron chi connectivity index (χ4n) is 3.92. The van der Waals surface area contributed by atoms with E-state index in [1.807, 2.05) is 13.0 Å². The summed E-state index contributed by atoms with van der Waals surface area (Å²) in [5, 5.41) is 13.8. The Morgan fingerprint density at radius 3 is 2.59 bits per heavy atom. The third-order valence-electron chi connectivity index (χ3n) is 5.62. The quantitative estimate of drug-likeness (QED) is 0.449. The van der Waals surface area contributed by atoms with E-state index < -0.39 is 12.0 Å². The molecule has 1 aromatic heterocycles. The maximum Gasteiger partial charge on any atom is 0.407 e. The van der Waals surface area contributed by atoms with Crippen molar-refractivity contribution in [3.8, 4) is 5.75 Å². The van der Waals surface area contributed by atoms with Gasteiger partial charge in [0.15, 0.2) is 0 Å². The average molecular weight is 504 g/mol. The molecule has 0 unspecified atom stereocenters. The molecule has 1 fully saturated rings. The summed E-state index contributed by atoms with van der Waals surface area (Å²) in [5.41, 5.74) is 8.15. The lowest BCUT2D eigenvalue weighted by Crippen LogP contribution is -2.48. The zero-order valence-corrected chi connectivity index (χ0v) is 19.9. The van der Waals surface area contributed by atoms with Crippen molar-refractivity contribution in [2.75, 3.05) is 43.0 Å². The molecule has 4 rings (SSSR count). The number of nitrogens with zero attached hydrogens (tertiary/aromatic N) is 3. The van der Waals surface area contributed by atoms with E-state index in [-0.39, 0.29) is 5.56 Å². The van der Waals surface area contributed by atoms with Crippen molar-refractivity contribution in [2.24, 2.45) is 5.73 Å². The van der Waals surface area contributed by atoms with E-state index in [0.29, 0.717) is 70.9 Å². The SMILES string of the molecule is CCOc1cc2ncc(C(N)=O)c(Nc3cccc(Cl)c3Cl)c2cc1N1CCN(C(=O)O)CC1. The van der Waals surface area contributed by atoms with Crippen LogP contribution in [0.5, 0.6) is 5.75 Å². The highest BCUT2D eigenvalue weighted by atomic mass is 35.5. The Morgan fingerprint density at radius 1 is 1.21 bits per heavy atom. The van der Waals surface area contributed by atoms with Crippen molar-refractivity contribution in [3.05, 3.63) is 52.1 Å². The molecule has 0 bridgehead atoms. The van der Waals surface area contributed by atoms with Crippen LogP contribution in [0.4, 0.5) is 21.9 Å². The van der Waals surface area contributed by atoms with Gasteiger partial charge in [-0.15, -0.1) is 0 Å². The Labute approximate surface area is 206 Å². The molecular formula is C23H23Cl2N5O4. The average Bonchev–Trinajstić information content (AvgIpc) is 2.82. The first-order valence-corrected chi connectivity index (χ1v) is 11.4. The summed E-state index contributed by atoms with van der Waals surface area (Å²) in [6.07, 6.45) is 0.468. The number of pyridine rings is 1. The fraction of sp³-hybridized carbons (Fsp3) is 0.261. The zero-order chi connectivity index (χ0) is 24.4. The first kappa shape index (κ1) is 23.7. The third kappa shape index (κ3) is 4.62. The maximum atomic E-state index is 12.3. The summed E-state index contributed by atoms with van der Waals surface area (Å²) in [5.74, 6) is -0.0367. The van der Waals surface area contributed by atoms with Crippen molar-refractivity contribution in [1.82, 2.24) is 9.88 Å². The van der Waals surface area contributed by atoms with Crippen molar-refractivity contribution in [1.29, 1.82) is 0 Å². The standard InChI is InChI=1S/C23H23Cl2N5O4/c1-2-34-19-11-17-13(10-18(19)29-6-8-30(9-7-29)23(32)33)21(14(12-27-17)22(26)31)28-16-5-3-4-15(24)20(16)25/h3-5,10-12H,2,6-9H2,1H3,(H2,26,31)(H,27,28)(H,32,33). The minimum Gasteiger partial charge on any atom is -0.492 e. The van der Waals surface area contributed by atoms with Crippen LogP contribution in [0.2, 0.25) is 10.0 Å². The highest BCUT2D eigenvalue weighted by Crippen LogP contribution is 2.40. The van der Waals surface area contributed by atoms with Crippen LogP contribution in [-0.2, 0) is 0 Å². The van der Waals surface area contributed by atoms with Gasteiger partial charge < -0.3 is 30.7 Å². The molecule has 0 radical (unpaired) electrons. The summed E-state index contributed by atoms with van der Waals surface area (Å²) in [4.78, 5) is 31.4. The number of halogens is 2. The summed E-state index contributed by atoms with van der Waals surface area (Å²) in [6, 6.07) is 8.82. The molecule has 2 aromatic carbocycles. The number of benzene rings is 2. The van der Waals surface area contributed by atoms with Gasteiger partial charge in [-0.2, -0.15) is 0 Å². The number of ether oxygens (including phenoxy) is 1. The van der Waals surface area contributed by atoms with Crippen LogP contribution in [0.1, 0.15) is 17.3 Å². The molecule has 9 nitrogen and oxygen atoms in total.